The largest absolute Gasteiger partial charge is 0.343 e. The van der Waals surface area contributed by atoms with Crippen LogP contribution in [0.25, 0.3) is 0 Å². The summed E-state index contributed by atoms with van der Waals surface area (Å²) in [7, 11) is 8.87. The Labute approximate surface area is 589 Å². The first-order chi connectivity index (χ1) is 47.5. The van der Waals surface area contributed by atoms with Gasteiger partial charge >= 0.3 is 0 Å². The number of piperidine rings is 1. The lowest BCUT2D eigenvalue weighted by atomic mass is 9.84. The average Bonchev–Trinajstić information content (AvgIpc) is 1.11. The molecule has 100 heavy (non-hydrogen) atoms. The Morgan fingerprint density at radius 2 is 1.26 bits per heavy atom. The van der Waals surface area contributed by atoms with Gasteiger partial charge in [-0.2, -0.15) is 0 Å². The molecule has 1 spiro atoms. The van der Waals surface area contributed by atoms with Gasteiger partial charge in [0.1, 0.15) is 65.6 Å². The summed E-state index contributed by atoms with van der Waals surface area (Å²) in [5.41, 5.74) is -1.49. The second kappa shape index (κ2) is 35.0. The summed E-state index contributed by atoms with van der Waals surface area (Å²) < 4.78 is 27.3. The second-order valence-corrected chi connectivity index (χ2v) is 30.4. The summed E-state index contributed by atoms with van der Waals surface area (Å²) >= 11 is 0. The highest BCUT2D eigenvalue weighted by molar-refractivity contribution is 6.01. The van der Waals surface area contributed by atoms with Crippen LogP contribution in [0.1, 0.15) is 206 Å². The topological polar surface area (TPSA) is 283 Å². The maximum Gasteiger partial charge on any atom is 0.280 e. The van der Waals surface area contributed by atoms with E-state index in [0.29, 0.717) is 70.0 Å². The first-order valence-corrected chi connectivity index (χ1v) is 37.1. The zero-order chi connectivity index (χ0) is 73.0. The molecule has 0 unspecified atom stereocenters. The quantitative estimate of drug-likeness (QED) is 0.242. The van der Waals surface area contributed by atoms with Crippen molar-refractivity contribution in [1.29, 1.82) is 0 Å². The summed E-state index contributed by atoms with van der Waals surface area (Å²) in [6.07, 6.45) is 10.5. The van der Waals surface area contributed by atoms with Gasteiger partial charge in [-0.05, 0) is 132 Å². The van der Waals surface area contributed by atoms with E-state index in [0.717, 1.165) is 51.4 Å². The van der Waals surface area contributed by atoms with Crippen molar-refractivity contribution in [3.05, 3.63) is 29.6 Å². The molecule has 4 saturated heterocycles. The molecule has 1 aromatic heterocycles. The Kier molecular flexibility index (Phi) is 27.4. The number of hydrogen-bond donors (Lipinski definition) is 3. The highest BCUT2D eigenvalue weighted by Gasteiger charge is 2.52. The number of fused-ring (bicyclic) bond motifs is 2. The molecule has 5 heterocycles. The standard InChI is InChI=1S/C73H113F2N13O12/c1-12-46(4)60-70(98)81(7)47(5)65(93)88-39-33-54(88)68(96)83(9)56(41-48-24-15-13-16-25-48)67(95)80(6)44-58(89)77-52(32-30-49-29-31-51(62(74)75)76-43-49)66(94)87-38-23-28-53(87)64(92)79-73(34-19-20-35-73)72(100)85(11)61(50-26-17-18-27-50)71(99)84(10)57(69(97)86-36-21-14-22-37-86)42-59(90)82(8)55(40-45(2)3)63(91)78-60/h29,31,43,45-48,50,52-57,60-62H,12-28,30,32-42,44H2,1-11H3,(H,77,89)(H,78,91)(H,79,92)/t46-,47-,52-,53-,54-,55-,56-,57-,60-,61-/m0/s1. The number of likely N-dealkylation sites (N-methyl/N-ethyl adjacent to an activating group) is 6. The lowest BCUT2D eigenvalue weighted by molar-refractivity contribution is -0.160. The molecule has 10 atom stereocenters. The zero-order valence-electron chi connectivity index (χ0n) is 61.2. The van der Waals surface area contributed by atoms with Crippen LogP contribution in [0.15, 0.2) is 18.3 Å². The number of amides is 12. The third-order valence-corrected chi connectivity index (χ3v) is 23.1. The van der Waals surface area contributed by atoms with Crippen LogP contribution < -0.4 is 16.0 Å². The van der Waals surface area contributed by atoms with Gasteiger partial charge in [0, 0.05) is 74.7 Å². The van der Waals surface area contributed by atoms with E-state index in [9.17, 15) is 37.5 Å². The molecule has 27 heteroatoms. The van der Waals surface area contributed by atoms with Crippen LogP contribution in [0.3, 0.4) is 0 Å². The first-order valence-electron chi connectivity index (χ1n) is 37.1. The number of carbonyl (C=O) groups excluding carboxylic acids is 12. The summed E-state index contributed by atoms with van der Waals surface area (Å²) in [6, 6.07) is -7.92. The van der Waals surface area contributed by atoms with E-state index in [4.69, 9.17) is 0 Å². The molecular formula is C73H113F2N13O12. The molecule has 556 valence electrons. The Morgan fingerprint density at radius 3 is 1.86 bits per heavy atom. The van der Waals surface area contributed by atoms with E-state index in [1.807, 2.05) is 20.8 Å². The van der Waals surface area contributed by atoms with Gasteiger partial charge in [-0.25, -0.2) is 8.78 Å². The minimum Gasteiger partial charge on any atom is -0.343 e. The van der Waals surface area contributed by atoms with E-state index in [1.165, 1.54) is 99.8 Å². The van der Waals surface area contributed by atoms with E-state index in [-0.39, 0.29) is 82.2 Å². The maximum absolute atomic E-state index is 15.7. The SMILES string of the molecule is CC[C@H](C)[C@@H]1NC(=O)[C@H](CC(C)C)N(C)C(=O)C[C@@H](C(=O)N2CCCCC2)N(C)C(=O)[C@H](C2CCCC2)N(C)C(=O)C2(CCCC2)NC(=O)[C@@H]2CCCN2C(=O)[C@H](CCc2ccc(C(F)F)nc2)NC(=O)CN(C)C(=O)[C@H](CC2CCCCC2)N(C)C(=O)[C@@H]2CCN2C(=O)[C@H](C)N(C)C1=O. The Bertz CT molecular complexity index is 3100. The molecular weight excluding hydrogens is 1290 g/mol. The number of aryl methyl sites for hydroxylation is 1. The smallest absolute Gasteiger partial charge is 0.280 e. The fourth-order valence-electron chi connectivity index (χ4n) is 16.3. The molecule has 12 amide bonds. The lowest BCUT2D eigenvalue weighted by Crippen LogP contribution is -2.65. The summed E-state index contributed by atoms with van der Waals surface area (Å²) in [5, 5.41) is 8.92. The fourth-order valence-corrected chi connectivity index (χ4v) is 16.3. The molecule has 0 radical (unpaired) electrons. The van der Waals surface area contributed by atoms with Crippen molar-refractivity contribution in [1.82, 2.24) is 65.0 Å². The zero-order valence-corrected chi connectivity index (χ0v) is 61.2. The number of halogens is 2. The molecule has 3 saturated carbocycles. The summed E-state index contributed by atoms with van der Waals surface area (Å²) in [5.74, 6) is -7.99. The van der Waals surface area contributed by atoms with Gasteiger partial charge in [-0.15, -0.1) is 0 Å². The number of carbonyl (C=O) groups is 12. The van der Waals surface area contributed by atoms with Gasteiger partial charge in [0.2, 0.25) is 70.9 Å². The van der Waals surface area contributed by atoms with Gasteiger partial charge in [0.15, 0.2) is 0 Å². The van der Waals surface area contributed by atoms with Crippen molar-refractivity contribution in [2.75, 3.05) is 75.0 Å². The van der Waals surface area contributed by atoms with Crippen LogP contribution in [-0.2, 0) is 64.0 Å². The maximum atomic E-state index is 15.7. The van der Waals surface area contributed by atoms with Crippen molar-refractivity contribution in [3.63, 3.8) is 0 Å². The van der Waals surface area contributed by atoms with Crippen LogP contribution in [-0.4, -0.2) is 255 Å². The first kappa shape index (κ1) is 78.4. The third-order valence-electron chi connectivity index (χ3n) is 23.1. The van der Waals surface area contributed by atoms with Crippen LogP contribution in [0.2, 0.25) is 0 Å². The Morgan fingerprint density at radius 1 is 0.620 bits per heavy atom. The third kappa shape index (κ3) is 18.3. The van der Waals surface area contributed by atoms with Crippen molar-refractivity contribution >= 4 is 70.9 Å². The van der Waals surface area contributed by atoms with Crippen molar-refractivity contribution < 1.29 is 66.3 Å². The number of alkyl halides is 2. The number of aromatic nitrogens is 1. The molecule has 7 fully saturated rings. The number of pyridine rings is 1. The summed E-state index contributed by atoms with van der Waals surface area (Å²) in [4.78, 5) is 197. The normalized spacial score (nSPS) is 28.6. The van der Waals surface area contributed by atoms with E-state index in [1.54, 1.807) is 18.7 Å². The Hall–Kier alpha value is -7.35. The van der Waals surface area contributed by atoms with Gasteiger partial charge in [-0.1, -0.05) is 98.0 Å². The Balaban J connectivity index is 1.17. The van der Waals surface area contributed by atoms with Crippen LogP contribution >= 0.6 is 0 Å². The monoisotopic (exact) mass is 1400 g/mol. The number of nitrogens with zero attached hydrogens (tertiary/aromatic N) is 10. The lowest BCUT2D eigenvalue weighted by Gasteiger charge is -2.45. The molecule has 7 aliphatic rings. The molecule has 8 rings (SSSR count). The molecule has 4 aliphatic heterocycles. The van der Waals surface area contributed by atoms with E-state index >= 15 is 28.8 Å². The highest BCUT2D eigenvalue weighted by Crippen LogP contribution is 2.38. The molecule has 3 N–H and O–H groups in total. The minimum atomic E-state index is -2.83. The molecule has 1 aromatic rings. The van der Waals surface area contributed by atoms with Crippen LogP contribution in [0, 0.1) is 23.7 Å². The van der Waals surface area contributed by atoms with E-state index in [2.05, 4.69) is 20.9 Å². The summed E-state index contributed by atoms with van der Waals surface area (Å²) in [6.45, 7) is 9.46. The molecule has 0 aromatic carbocycles. The highest BCUT2D eigenvalue weighted by atomic mass is 19.3. The number of likely N-dealkylation sites (tertiary alicyclic amines) is 1. The van der Waals surface area contributed by atoms with Crippen molar-refractivity contribution in [2.45, 2.75) is 261 Å². The molecule has 3 aliphatic carbocycles. The second-order valence-electron chi connectivity index (χ2n) is 30.4. The predicted molar refractivity (Wildman–Crippen MR) is 369 cm³/mol. The minimum absolute atomic E-state index is 0.0529. The van der Waals surface area contributed by atoms with Crippen molar-refractivity contribution in [3.8, 4) is 0 Å². The van der Waals surface area contributed by atoms with Crippen molar-refractivity contribution in [2.24, 2.45) is 23.7 Å². The van der Waals surface area contributed by atoms with Crippen LogP contribution in [0.4, 0.5) is 8.78 Å². The van der Waals surface area contributed by atoms with Crippen LogP contribution in [0.5, 0.6) is 0 Å². The van der Waals surface area contributed by atoms with E-state index < -0.39 is 162 Å². The molecule has 25 nitrogen and oxygen atoms in total. The van der Waals surface area contributed by atoms with Gasteiger partial charge in [0.25, 0.3) is 6.43 Å². The average molecular weight is 1400 g/mol. The number of nitrogens with one attached hydrogen (secondary N) is 3. The van der Waals surface area contributed by atoms with Gasteiger partial charge in [0.05, 0.1) is 13.0 Å². The van der Waals surface area contributed by atoms with Gasteiger partial charge in [-0.3, -0.25) is 62.5 Å². The molecule has 0 bridgehead atoms. The fraction of sp³-hybridized carbons (Fsp3) is 0.767. The predicted octanol–water partition coefficient (Wildman–Crippen LogP) is 5.22. The number of rotatable bonds is 12. The number of hydrogen-bond acceptors (Lipinski definition) is 13. The van der Waals surface area contributed by atoms with Gasteiger partial charge < -0.3 is 60.0 Å².